The van der Waals surface area contributed by atoms with Crippen LogP contribution in [0.4, 0.5) is 4.79 Å². The van der Waals surface area contributed by atoms with E-state index in [4.69, 9.17) is 9.47 Å². The van der Waals surface area contributed by atoms with Gasteiger partial charge < -0.3 is 9.47 Å². The SMILES string of the molecule is COc1ccc(C(=O)Oc2ccc(/C=C3\SC(=O)N(Cc4ccc(Br)cc4)C3=O)cc2)cc1. The first-order valence-corrected chi connectivity index (χ1v) is 11.5. The van der Waals surface area contributed by atoms with Crippen molar-refractivity contribution in [2.24, 2.45) is 0 Å². The Bertz CT molecular complexity index is 1220. The Labute approximate surface area is 203 Å². The van der Waals surface area contributed by atoms with Gasteiger partial charge in [-0.15, -0.1) is 0 Å². The molecule has 0 bridgehead atoms. The zero-order valence-corrected chi connectivity index (χ0v) is 19.9. The molecule has 0 unspecified atom stereocenters. The maximum atomic E-state index is 12.7. The molecule has 0 spiro atoms. The molecule has 4 rings (SSSR count). The van der Waals surface area contributed by atoms with E-state index in [0.29, 0.717) is 27.5 Å². The number of esters is 1. The average molecular weight is 524 g/mol. The van der Waals surface area contributed by atoms with Crippen molar-refractivity contribution >= 4 is 50.9 Å². The van der Waals surface area contributed by atoms with Gasteiger partial charge in [0.15, 0.2) is 0 Å². The molecule has 1 fully saturated rings. The van der Waals surface area contributed by atoms with E-state index in [2.05, 4.69) is 15.9 Å². The molecule has 0 radical (unpaired) electrons. The molecule has 0 atom stereocenters. The van der Waals surface area contributed by atoms with Crippen LogP contribution in [0.1, 0.15) is 21.5 Å². The lowest BCUT2D eigenvalue weighted by molar-refractivity contribution is -0.123. The summed E-state index contributed by atoms with van der Waals surface area (Å²) in [6.07, 6.45) is 1.65. The first-order chi connectivity index (χ1) is 15.9. The number of rotatable bonds is 6. The summed E-state index contributed by atoms with van der Waals surface area (Å²) in [5.74, 6) is 0.205. The third kappa shape index (κ3) is 5.53. The van der Waals surface area contributed by atoms with E-state index < -0.39 is 5.97 Å². The van der Waals surface area contributed by atoms with Gasteiger partial charge in [-0.25, -0.2) is 4.79 Å². The number of amides is 2. The predicted molar refractivity (Wildman–Crippen MR) is 130 cm³/mol. The van der Waals surface area contributed by atoms with E-state index in [-0.39, 0.29) is 17.7 Å². The van der Waals surface area contributed by atoms with Gasteiger partial charge in [0.25, 0.3) is 11.1 Å². The number of hydrogen-bond donors (Lipinski definition) is 0. The van der Waals surface area contributed by atoms with Gasteiger partial charge in [0.05, 0.1) is 24.1 Å². The Kier molecular flexibility index (Phi) is 6.96. The molecule has 166 valence electrons. The molecule has 0 saturated carbocycles. The zero-order valence-electron chi connectivity index (χ0n) is 17.5. The fraction of sp³-hybridized carbons (Fsp3) is 0.0800. The van der Waals surface area contributed by atoms with E-state index in [0.717, 1.165) is 21.8 Å². The Morgan fingerprint density at radius 1 is 0.939 bits per heavy atom. The van der Waals surface area contributed by atoms with Crippen molar-refractivity contribution in [1.29, 1.82) is 0 Å². The molecule has 0 aromatic heterocycles. The molecule has 0 N–H and O–H groups in total. The minimum atomic E-state index is -0.487. The quantitative estimate of drug-likeness (QED) is 0.227. The number of ether oxygens (including phenoxy) is 2. The molecule has 2 amide bonds. The molecule has 1 aliphatic rings. The Morgan fingerprint density at radius 2 is 1.58 bits per heavy atom. The van der Waals surface area contributed by atoms with Crippen molar-refractivity contribution in [3.05, 3.63) is 98.9 Å². The average Bonchev–Trinajstić information content (AvgIpc) is 3.09. The van der Waals surface area contributed by atoms with Crippen molar-refractivity contribution in [2.45, 2.75) is 6.54 Å². The van der Waals surface area contributed by atoms with Crippen LogP contribution >= 0.6 is 27.7 Å². The Morgan fingerprint density at radius 3 is 2.21 bits per heavy atom. The summed E-state index contributed by atoms with van der Waals surface area (Å²) in [6, 6.07) is 20.8. The van der Waals surface area contributed by atoms with E-state index >= 15 is 0 Å². The molecule has 8 heteroatoms. The van der Waals surface area contributed by atoms with E-state index in [9.17, 15) is 14.4 Å². The zero-order chi connectivity index (χ0) is 23.4. The highest BCUT2D eigenvalue weighted by Crippen LogP contribution is 2.33. The minimum absolute atomic E-state index is 0.218. The monoisotopic (exact) mass is 523 g/mol. The summed E-state index contributed by atoms with van der Waals surface area (Å²) in [5.41, 5.74) is 1.98. The van der Waals surface area contributed by atoms with Crippen LogP contribution in [0, 0.1) is 0 Å². The van der Waals surface area contributed by atoms with Crippen molar-refractivity contribution < 1.29 is 23.9 Å². The summed E-state index contributed by atoms with van der Waals surface area (Å²) >= 11 is 4.28. The van der Waals surface area contributed by atoms with Crippen LogP contribution in [0.5, 0.6) is 11.5 Å². The molecule has 6 nitrogen and oxygen atoms in total. The Hall–Kier alpha value is -3.36. The number of carbonyl (C=O) groups is 3. The number of nitrogens with zero attached hydrogens (tertiary/aromatic N) is 1. The third-order valence-corrected chi connectivity index (χ3v) is 6.28. The van der Waals surface area contributed by atoms with Crippen molar-refractivity contribution in [1.82, 2.24) is 4.90 Å². The fourth-order valence-electron chi connectivity index (χ4n) is 3.09. The standard InChI is InChI=1S/C25H18BrNO5S/c1-31-20-12-6-18(7-13-20)24(29)32-21-10-4-16(5-11-21)14-22-23(28)27(25(30)33-22)15-17-2-8-19(26)9-3-17/h2-14H,15H2,1H3/b22-14-. The summed E-state index contributed by atoms with van der Waals surface area (Å²) in [7, 11) is 1.55. The smallest absolute Gasteiger partial charge is 0.343 e. The molecular formula is C25H18BrNO5S. The topological polar surface area (TPSA) is 72.9 Å². The van der Waals surface area contributed by atoms with Crippen molar-refractivity contribution in [3.63, 3.8) is 0 Å². The van der Waals surface area contributed by atoms with Gasteiger partial charge in [0, 0.05) is 4.47 Å². The second-order valence-electron chi connectivity index (χ2n) is 7.08. The molecular weight excluding hydrogens is 506 g/mol. The minimum Gasteiger partial charge on any atom is -0.497 e. The number of halogens is 1. The second-order valence-corrected chi connectivity index (χ2v) is 8.99. The van der Waals surface area contributed by atoms with E-state index in [1.807, 2.05) is 24.3 Å². The summed E-state index contributed by atoms with van der Waals surface area (Å²) in [5, 5.41) is -0.306. The van der Waals surface area contributed by atoms with Crippen LogP contribution in [-0.2, 0) is 11.3 Å². The normalized spacial score (nSPS) is 14.6. The third-order valence-electron chi connectivity index (χ3n) is 4.84. The van der Waals surface area contributed by atoms with Gasteiger partial charge in [0.1, 0.15) is 11.5 Å². The van der Waals surface area contributed by atoms with Crippen LogP contribution in [-0.4, -0.2) is 29.1 Å². The Balaban J connectivity index is 1.41. The molecule has 0 aliphatic carbocycles. The number of methoxy groups -OCH3 is 1. The highest BCUT2D eigenvalue weighted by atomic mass is 79.9. The number of thioether (sulfide) groups is 1. The van der Waals surface area contributed by atoms with Gasteiger partial charge in [-0.2, -0.15) is 0 Å². The van der Waals surface area contributed by atoms with Crippen molar-refractivity contribution in [2.75, 3.05) is 7.11 Å². The maximum absolute atomic E-state index is 12.7. The van der Waals surface area contributed by atoms with Crippen LogP contribution in [0.3, 0.4) is 0 Å². The summed E-state index contributed by atoms with van der Waals surface area (Å²) in [6.45, 7) is 0.218. The van der Waals surface area contributed by atoms with Crippen LogP contribution in [0.25, 0.3) is 6.08 Å². The molecule has 33 heavy (non-hydrogen) atoms. The van der Waals surface area contributed by atoms with Crippen LogP contribution in [0.2, 0.25) is 0 Å². The summed E-state index contributed by atoms with van der Waals surface area (Å²) in [4.78, 5) is 39.0. The first kappa shape index (κ1) is 22.8. The largest absolute Gasteiger partial charge is 0.497 e. The predicted octanol–water partition coefficient (Wildman–Crippen LogP) is 5.91. The maximum Gasteiger partial charge on any atom is 0.343 e. The van der Waals surface area contributed by atoms with Crippen molar-refractivity contribution in [3.8, 4) is 11.5 Å². The lowest BCUT2D eigenvalue weighted by Crippen LogP contribution is -2.27. The number of imide groups is 1. The second kappa shape index (κ2) is 10.1. The molecule has 1 aliphatic heterocycles. The van der Waals surface area contributed by atoms with Gasteiger partial charge >= 0.3 is 5.97 Å². The lowest BCUT2D eigenvalue weighted by Gasteiger charge is -2.12. The van der Waals surface area contributed by atoms with Gasteiger partial charge in [-0.1, -0.05) is 40.2 Å². The van der Waals surface area contributed by atoms with E-state index in [1.165, 1.54) is 4.90 Å². The van der Waals surface area contributed by atoms with Gasteiger partial charge in [-0.3, -0.25) is 14.5 Å². The molecule has 3 aromatic rings. The molecule has 3 aromatic carbocycles. The lowest BCUT2D eigenvalue weighted by atomic mass is 10.2. The number of hydrogen-bond acceptors (Lipinski definition) is 6. The fourth-order valence-corrected chi connectivity index (χ4v) is 4.19. The summed E-state index contributed by atoms with van der Waals surface area (Å²) < 4.78 is 11.4. The van der Waals surface area contributed by atoms with Crippen LogP contribution < -0.4 is 9.47 Å². The first-order valence-electron chi connectivity index (χ1n) is 9.89. The molecule has 1 heterocycles. The number of carbonyl (C=O) groups excluding carboxylic acids is 3. The van der Waals surface area contributed by atoms with Gasteiger partial charge in [-0.05, 0) is 77.5 Å². The highest BCUT2D eigenvalue weighted by Gasteiger charge is 2.34. The highest BCUT2D eigenvalue weighted by molar-refractivity contribution is 9.10. The molecule has 1 saturated heterocycles. The van der Waals surface area contributed by atoms with Crippen LogP contribution in [0.15, 0.2) is 82.2 Å². The van der Waals surface area contributed by atoms with E-state index in [1.54, 1.807) is 61.7 Å². The van der Waals surface area contributed by atoms with Gasteiger partial charge in [0.2, 0.25) is 0 Å². The number of benzene rings is 3.